The molecule has 27 heavy (non-hydrogen) atoms. The van der Waals surface area contributed by atoms with E-state index >= 15 is 0 Å². The van der Waals surface area contributed by atoms with Gasteiger partial charge in [-0.05, 0) is 41.7 Å². The van der Waals surface area contributed by atoms with Crippen LogP contribution in [0.5, 0.6) is 0 Å². The molecule has 2 heterocycles. The number of carbonyl (C=O) groups excluding carboxylic acids is 1. The fourth-order valence-electron chi connectivity index (χ4n) is 2.78. The summed E-state index contributed by atoms with van der Waals surface area (Å²) in [4.78, 5) is 25.1. The van der Waals surface area contributed by atoms with Crippen LogP contribution in [0.15, 0.2) is 55.0 Å². The van der Waals surface area contributed by atoms with Crippen LogP contribution >= 0.6 is 0 Å². The number of para-hydroxylation sites is 1. The third-order valence-corrected chi connectivity index (χ3v) is 4.23. The number of nitrogens with zero attached hydrogens (tertiary/aromatic N) is 3. The van der Waals surface area contributed by atoms with Gasteiger partial charge in [-0.2, -0.15) is 0 Å². The minimum Gasteiger partial charge on any atom is -0.347 e. The number of benzene rings is 1. The largest absolute Gasteiger partial charge is 0.347 e. The van der Waals surface area contributed by atoms with Crippen molar-refractivity contribution in [3.8, 4) is 0 Å². The van der Waals surface area contributed by atoms with Crippen molar-refractivity contribution in [2.24, 2.45) is 0 Å². The van der Waals surface area contributed by atoms with Crippen LogP contribution in [0.3, 0.4) is 0 Å². The number of carbonyl (C=O) groups is 1. The lowest BCUT2D eigenvalue weighted by Gasteiger charge is -2.16. The quantitative estimate of drug-likeness (QED) is 0.694. The summed E-state index contributed by atoms with van der Waals surface area (Å²) in [6.45, 7) is 6.72. The zero-order valence-corrected chi connectivity index (χ0v) is 15.7. The first-order chi connectivity index (χ1) is 13.0. The molecule has 0 bridgehead atoms. The highest BCUT2D eigenvalue weighted by molar-refractivity contribution is 5.92. The molecule has 6 nitrogen and oxygen atoms in total. The molecule has 0 spiro atoms. The molecular formula is C21H23N5O. The lowest BCUT2D eigenvalue weighted by molar-refractivity contribution is 0.0946. The monoisotopic (exact) mass is 361 g/mol. The zero-order valence-electron chi connectivity index (χ0n) is 15.7. The summed E-state index contributed by atoms with van der Waals surface area (Å²) >= 11 is 0. The van der Waals surface area contributed by atoms with Crippen LogP contribution in [-0.2, 0) is 6.54 Å². The number of hydrogen-bond acceptors (Lipinski definition) is 5. The predicted molar refractivity (Wildman–Crippen MR) is 106 cm³/mol. The Morgan fingerprint density at radius 1 is 1.11 bits per heavy atom. The van der Waals surface area contributed by atoms with Crippen molar-refractivity contribution in [1.29, 1.82) is 0 Å². The molecular weight excluding hydrogens is 338 g/mol. The third-order valence-electron chi connectivity index (χ3n) is 4.23. The first-order valence-electron chi connectivity index (χ1n) is 8.91. The van der Waals surface area contributed by atoms with Crippen LogP contribution in [0.1, 0.15) is 46.9 Å². The van der Waals surface area contributed by atoms with E-state index in [1.165, 1.54) is 5.56 Å². The number of anilines is 2. The molecule has 2 aromatic heterocycles. The van der Waals surface area contributed by atoms with Crippen molar-refractivity contribution in [2.45, 2.75) is 33.2 Å². The van der Waals surface area contributed by atoms with E-state index in [2.05, 4.69) is 45.5 Å². The number of rotatable bonds is 6. The van der Waals surface area contributed by atoms with Gasteiger partial charge in [-0.3, -0.25) is 9.78 Å². The standard InChI is InChI=1S/C21H23N5O/c1-14(2)17-8-4-6-15(3)19(17)26-21-23-11-9-18(25-21)20(27)24-13-16-7-5-10-22-12-16/h4-12,14H,13H2,1-3H3,(H,24,27)(H,23,25,26). The summed E-state index contributed by atoms with van der Waals surface area (Å²) in [6.07, 6.45) is 5.01. The molecule has 0 saturated heterocycles. The lowest BCUT2D eigenvalue weighted by Crippen LogP contribution is -2.24. The Kier molecular flexibility index (Phi) is 5.76. The molecule has 0 atom stereocenters. The van der Waals surface area contributed by atoms with Gasteiger partial charge in [0.2, 0.25) is 5.95 Å². The van der Waals surface area contributed by atoms with Crippen molar-refractivity contribution in [1.82, 2.24) is 20.3 Å². The number of aryl methyl sites for hydroxylation is 1. The summed E-state index contributed by atoms with van der Waals surface area (Å²) in [6, 6.07) is 11.5. The maximum Gasteiger partial charge on any atom is 0.270 e. The normalized spacial score (nSPS) is 10.7. The van der Waals surface area contributed by atoms with Gasteiger partial charge < -0.3 is 10.6 Å². The third kappa shape index (κ3) is 4.67. The highest BCUT2D eigenvalue weighted by Gasteiger charge is 2.13. The van der Waals surface area contributed by atoms with Gasteiger partial charge in [0.15, 0.2) is 0 Å². The highest BCUT2D eigenvalue weighted by Crippen LogP contribution is 2.29. The fourth-order valence-corrected chi connectivity index (χ4v) is 2.78. The summed E-state index contributed by atoms with van der Waals surface area (Å²) < 4.78 is 0. The van der Waals surface area contributed by atoms with Gasteiger partial charge in [0.05, 0.1) is 0 Å². The average molecular weight is 361 g/mol. The van der Waals surface area contributed by atoms with Gasteiger partial charge in [0, 0.05) is 30.8 Å². The first-order valence-corrected chi connectivity index (χ1v) is 8.91. The highest BCUT2D eigenvalue weighted by atomic mass is 16.1. The summed E-state index contributed by atoms with van der Waals surface area (Å²) in [5, 5.41) is 6.13. The molecule has 0 saturated carbocycles. The second-order valence-electron chi connectivity index (χ2n) is 6.63. The predicted octanol–water partition coefficient (Wildman–Crippen LogP) is 3.98. The molecule has 138 valence electrons. The lowest BCUT2D eigenvalue weighted by atomic mass is 9.98. The molecule has 0 aliphatic carbocycles. The van der Waals surface area contributed by atoms with Crippen LogP contribution in [0, 0.1) is 6.92 Å². The number of amides is 1. The maximum atomic E-state index is 12.4. The van der Waals surface area contributed by atoms with E-state index in [0.29, 0.717) is 24.1 Å². The fraction of sp³-hybridized carbons (Fsp3) is 0.238. The molecule has 6 heteroatoms. The van der Waals surface area contributed by atoms with Crippen molar-refractivity contribution >= 4 is 17.5 Å². The second kappa shape index (κ2) is 8.40. The molecule has 0 aliphatic heterocycles. The van der Waals surface area contributed by atoms with Gasteiger partial charge in [-0.25, -0.2) is 9.97 Å². The SMILES string of the molecule is Cc1cccc(C(C)C)c1Nc1nccc(C(=O)NCc2cccnc2)n1. The van der Waals surface area contributed by atoms with Crippen LogP contribution in [0.4, 0.5) is 11.6 Å². The van der Waals surface area contributed by atoms with Crippen LogP contribution < -0.4 is 10.6 Å². The molecule has 0 aliphatic rings. The Morgan fingerprint density at radius 2 is 1.96 bits per heavy atom. The number of nitrogens with one attached hydrogen (secondary N) is 2. The van der Waals surface area contributed by atoms with Gasteiger partial charge in [0.25, 0.3) is 5.91 Å². The maximum absolute atomic E-state index is 12.4. The average Bonchev–Trinajstić information content (AvgIpc) is 2.68. The summed E-state index contributed by atoms with van der Waals surface area (Å²) in [5.74, 6) is 0.511. The molecule has 0 fully saturated rings. The van der Waals surface area contributed by atoms with Gasteiger partial charge >= 0.3 is 0 Å². The number of aromatic nitrogens is 3. The molecule has 3 aromatic rings. The Balaban J connectivity index is 1.75. The van der Waals surface area contributed by atoms with E-state index in [-0.39, 0.29) is 5.91 Å². The molecule has 3 rings (SSSR count). The van der Waals surface area contributed by atoms with Crippen molar-refractivity contribution in [3.63, 3.8) is 0 Å². The van der Waals surface area contributed by atoms with Gasteiger partial charge in [0.1, 0.15) is 5.69 Å². The Labute approximate surface area is 159 Å². The first kappa shape index (κ1) is 18.5. The molecule has 1 amide bonds. The molecule has 2 N–H and O–H groups in total. The van der Waals surface area contributed by atoms with E-state index < -0.39 is 0 Å². The smallest absolute Gasteiger partial charge is 0.270 e. The van der Waals surface area contributed by atoms with Crippen LogP contribution in [0.25, 0.3) is 0 Å². The van der Waals surface area contributed by atoms with E-state index in [1.54, 1.807) is 24.7 Å². The number of pyridine rings is 1. The van der Waals surface area contributed by atoms with E-state index in [0.717, 1.165) is 16.8 Å². The minimum atomic E-state index is -0.252. The van der Waals surface area contributed by atoms with Gasteiger partial charge in [-0.1, -0.05) is 38.1 Å². The molecule has 0 radical (unpaired) electrons. The van der Waals surface area contributed by atoms with E-state index in [9.17, 15) is 4.79 Å². The van der Waals surface area contributed by atoms with Crippen LogP contribution in [-0.4, -0.2) is 20.9 Å². The molecule has 0 unspecified atom stereocenters. The van der Waals surface area contributed by atoms with E-state index in [4.69, 9.17) is 0 Å². The number of hydrogen-bond donors (Lipinski definition) is 2. The summed E-state index contributed by atoms with van der Waals surface area (Å²) in [7, 11) is 0. The summed E-state index contributed by atoms with van der Waals surface area (Å²) in [5.41, 5.74) is 4.53. The van der Waals surface area contributed by atoms with Crippen molar-refractivity contribution in [2.75, 3.05) is 5.32 Å². The Hall–Kier alpha value is -3.28. The van der Waals surface area contributed by atoms with E-state index in [1.807, 2.05) is 31.2 Å². The zero-order chi connectivity index (χ0) is 19.2. The Morgan fingerprint density at radius 3 is 2.70 bits per heavy atom. The van der Waals surface area contributed by atoms with Crippen molar-refractivity contribution in [3.05, 3.63) is 77.4 Å². The van der Waals surface area contributed by atoms with Crippen LogP contribution in [0.2, 0.25) is 0 Å². The Bertz CT molecular complexity index is 925. The minimum absolute atomic E-state index is 0.252. The van der Waals surface area contributed by atoms with Gasteiger partial charge in [-0.15, -0.1) is 0 Å². The second-order valence-corrected chi connectivity index (χ2v) is 6.63. The topological polar surface area (TPSA) is 79.8 Å². The molecule has 1 aromatic carbocycles. The van der Waals surface area contributed by atoms with Crippen molar-refractivity contribution < 1.29 is 4.79 Å².